The van der Waals surface area contributed by atoms with Crippen LogP contribution in [0.5, 0.6) is 0 Å². The van der Waals surface area contributed by atoms with E-state index in [2.05, 4.69) is 97.1 Å². The number of ether oxygens (including phenoxy) is 2. The van der Waals surface area contributed by atoms with Crippen LogP contribution in [0, 0.1) is 11.8 Å². The number of aliphatic hydroxyl groups is 1. The predicted molar refractivity (Wildman–Crippen MR) is 235 cm³/mol. The Morgan fingerprint density at radius 2 is 1.45 bits per heavy atom. The number of carbonyl (C=O) groups is 2. The first-order chi connectivity index (χ1) is 28.3. The van der Waals surface area contributed by atoms with Crippen molar-refractivity contribution in [3.63, 3.8) is 0 Å². The number of allylic oxidation sites excluding steroid dienone is 10. The minimum atomic E-state index is -1.24. The molecule has 2 amide bonds. The molecule has 2 unspecified atom stereocenters. The van der Waals surface area contributed by atoms with Crippen molar-refractivity contribution < 1.29 is 33.6 Å². The van der Waals surface area contributed by atoms with Crippen LogP contribution < -0.4 is 10.6 Å². The maximum absolute atomic E-state index is 12.5. The van der Waals surface area contributed by atoms with Crippen LogP contribution in [0.15, 0.2) is 120 Å². The zero-order valence-electron chi connectivity index (χ0n) is 34.7. The molecule has 2 fully saturated rings. The number of hydrogen-bond donors (Lipinski definition) is 3. The lowest BCUT2D eigenvalue weighted by molar-refractivity contribution is -0.116. The third-order valence-electron chi connectivity index (χ3n) is 9.33. The van der Waals surface area contributed by atoms with Gasteiger partial charge in [-0.15, -0.1) is 0 Å². The maximum Gasteiger partial charge on any atom is 0.445 e. The van der Waals surface area contributed by atoms with Crippen molar-refractivity contribution >= 4 is 29.6 Å². The third-order valence-corrected chi connectivity index (χ3v) is 10.4. The van der Waals surface area contributed by atoms with Crippen LogP contribution in [-0.4, -0.2) is 66.2 Å². The Bertz CT molecular complexity index is 1550. The van der Waals surface area contributed by atoms with E-state index < -0.39 is 18.2 Å². The van der Waals surface area contributed by atoms with Crippen LogP contribution in [0.1, 0.15) is 90.5 Å². The van der Waals surface area contributed by atoms with E-state index in [9.17, 15) is 19.2 Å². The highest BCUT2D eigenvalue weighted by Crippen LogP contribution is 2.30. The monoisotopic (exact) mass is 819 g/mol. The lowest BCUT2D eigenvalue weighted by atomic mass is 10.0. The van der Waals surface area contributed by atoms with Gasteiger partial charge in [-0.25, -0.2) is 14.0 Å². The second kappa shape index (κ2) is 30.1. The molecule has 0 saturated carbocycles. The van der Waals surface area contributed by atoms with Gasteiger partial charge in [0.05, 0.1) is 25.4 Å². The molecule has 0 radical (unpaired) electrons. The summed E-state index contributed by atoms with van der Waals surface area (Å²) >= 11 is 1.48. The number of anilines is 1. The van der Waals surface area contributed by atoms with Gasteiger partial charge in [-0.2, -0.15) is 0 Å². The molecular formula is C47H66FN3O6S. The van der Waals surface area contributed by atoms with Crippen LogP contribution in [-0.2, 0) is 25.6 Å². The molecule has 9 nitrogen and oxygen atoms in total. The predicted octanol–water partition coefficient (Wildman–Crippen LogP) is 10.9. The van der Waals surface area contributed by atoms with Crippen LogP contribution in [0.3, 0.4) is 0 Å². The summed E-state index contributed by atoms with van der Waals surface area (Å²) in [5.74, 6) is 1.01. The summed E-state index contributed by atoms with van der Waals surface area (Å²) < 4.78 is 25.1. The van der Waals surface area contributed by atoms with Crippen molar-refractivity contribution in [3.8, 4) is 0 Å². The lowest BCUT2D eigenvalue weighted by Crippen LogP contribution is -2.48. The molecule has 318 valence electrons. The fourth-order valence-corrected chi connectivity index (χ4v) is 7.50. The van der Waals surface area contributed by atoms with Crippen molar-refractivity contribution in [2.24, 2.45) is 11.8 Å². The minimum absolute atomic E-state index is 0.0222. The first-order valence-electron chi connectivity index (χ1n) is 20.9. The van der Waals surface area contributed by atoms with Gasteiger partial charge in [0.1, 0.15) is 0 Å². The van der Waals surface area contributed by atoms with Gasteiger partial charge in [-0.05, 0) is 112 Å². The number of carbonyl (C=O) groups excluding carboxylic acids is 2. The number of amides is 2. The van der Waals surface area contributed by atoms with Gasteiger partial charge >= 0.3 is 6.09 Å². The summed E-state index contributed by atoms with van der Waals surface area (Å²) in [6.07, 6.45) is 29.4. The van der Waals surface area contributed by atoms with E-state index >= 15 is 0 Å². The van der Waals surface area contributed by atoms with Gasteiger partial charge in [0, 0.05) is 40.5 Å². The van der Waals surface area contributed by atoms with Crippen LogP contribution in [0.2, 0.25) is 0 Å². The van der Waals surface area contributed by atoms with Crippen LogP contribution in [0.25, 0.3) is 0 Å². The fraction of sp³-hybridized carbons (Fsp3) is 0.489. The number of nitrogens with one attached hydrogen (secondary N) is 2. The number of fused-ring (bicyclic) bond motifs is 1. The van der Waals surface area contributed by atoms with E-state index in [1.54, 1.807) is 0 Å². The Balaban J connectivity index is 0.000000983. The largest absolute Gasteiger partial charge is 0.445 e. The van der Waals surface area contributed by atoms with Gasteiger partial charge in [0.15, 0.2) is 6.29 Å². The highest BCUT2D eigenvalue weighted by Gasteiger charge is 2.33. The van der Waals surface area contributed by atoms with E-state index in [-0.39, 0.29) is 18.7 Å². The molecular weight excluding hydrogens is 754 g/mol. The molecule has 0 aromatic heterocycles. The average Bonchev–Trinajstić information content (AvgIpc) is 3.86. The number of benzene rings is 2. The van der Waals surface area contributed by atoms with Crippen LogP contribution >= 0.6 is 11.9 Å². The van der Waals surface area contributed by atoms with E-state index in [1.807, 2.05) is 58.9 Å². The molecule has 58 heavy (non-hydrogen) atoms. The summed E-state index contributed by atoms with van der Waals surface area (Å²) in [5, 5.41) is 16.5. The fourth-order valence-electron chi connectivity index (χ4n) is 6.35. The van der Waals surface area contributed by atoms with Gasteiger partial charge in [-0.3, -0.25) is 4.79 Å². The Morgan fingerprint density at radius 1 is 0.862 bits per heavy atom. The molecule has 2 atom stereocenters. The number of rotatable bonds is 24. The number of nitrogens with zero attached hydrogens (tertiary/aromatic N) is 1. The molecule has 4 rings (SSSR count). The number of aliphatic hydroxyl groups excluding tert-OH is 1. The number of hydrogen-bond acceptors (Lipinski definition) is 8. The standard InChI is InChI=1S/C41H56FN3O4S.C6H10O2/c1-4-5-6-7-8-9-10-11-12-13-14-15-16-17-18-19-23-26-40(47)43-36-27-29-37(30-28-36)50-45(32-34(2)3)33-39(46)38(44-41(48)49-42)31-35-24-21-20-22-25-35;1-3-7-6-5(1)2-4-8-6/h5-6,8-9,11-12,14-15,17-18,20-22,24-25,27-30,34,38-39,46H,4,7,10,13,16,19,23,26,31-33H2,1-3H3,(H,43,47)(H,44,48);5-6H,1-4H2/b6-5-,9-8-,12-11-,15-14-,18-17-;. The Morgan fingerprint density at radius 3 is 2.00 bits per heavy atom. The van der Waals surface area contributed by atoms with Crippen molar-refractivity contribution in [2.75, 3.05) is 31.6 Å². The quantitative estimate of drug-likeness (QED) is 0.0546. The van der Waals surface area contributed by atoms with Gasteiger partial charge < -0.3 is 25.2 Å². The first kappa shape index (κ1) is 48.4. The molecule has 2 aromatic rings. The van der Waals surface area contributed by atoms with Crippen molar-refractivity contribution in [3.05, 3.63) is 121 Å². The molecule has 2 saturated heterocycles. The molecule has 0 spiro atoms. The van der Waals surface area contributed by atoms with E-state index in [4.69, 9.17) is 9.47 Å². The molecule has 2 aliphatic rings. The van der Waals surface area contributed by atoms with Crippen molar-refractivity contribution in [1.29, 1.82) is 0 Å². The highest BCUT2D eigenvalue weighted by molar-refractivity contribution is 7.97. The number of halogens is 1. The first-order valence-corrected chi connectivity index (χ1v) is 21.7. The SMILES string of the molecule is C1CC2CCOC2O1.CC/C=C\C/C=C\C/C=C\C/C=C\C/C=C\CCCC(=O)Nc1ccc(SN(CC(C)C)CC(O)C(Cc2ccccc2)NC(=O)OF)cc1. The van der Waals surface area contributed by atoms with Gasteiger partial charge in [-0.1, -0.05) is 112 Å². The van der Waals surface area contributed by atoms with E-state index in [0.717, 1.165) is 80.2 Å². The van der Waals surface area contributed by atoms with Crippen molar-refractivity contribution in [1.82, 2.24) is 9.62 Å². The molecule has 2 heterocycles. The summed E-state index contributed by atoms with van der Waals surface area (Å²) in [7, 11) is 0. The molecule has 3 N–H and O–H groups in total. The molecule has 0 bridgehead atoms. The Kier molecular flexibility index (Phi) is 25.1. The van der Waals surface area contributed by atoms with Crippen molar-refractivity contribution in [2.45, 2.75) is 115 Å². The maximum atomic E-state index is 12.5. The summed E-state index contributed by atoms with van der Waals surface area (Å²) in [5.41, 5.74) is 1.62. The minimum Gasteiger partial charge on any atom is -0.390 e. The summed E-state index contributed by atoms with van der Waals surface area (Å²) in [6, 6.07) is 16.2. The molecule has 2 aliphatic heterocycles. The Hall–Kier alpha value is -4.00. The number of unbranched alkanes of at least 4 members (excludes halogenated alkanes) is 1. The summed E-state index contributed by atoms with van der Waals surface area (Å²) in [4.78, 5) is 28.5. The highest BCUT2D eigenvalue weighted by atomic mass is 32.2. The zero-order chi connectivity index (χ0) is 41.6. The smallest absolute Gasteiger partial charge is 0.390 e. The second-order valence-electron chi connectivity index (χ2n) is 14.8. The average molecular weight is 820 g/mol. The molecule has 11 heteroatoms. The Labute approximate surface area is 350 Å². The van der Waals surface area contributed by atoms with Crippen LogP contribution in [0.4, 0.5) is 15.0 Å². The molecule has 2 aromatic carbocycles. The molecule has 0 aliphatic carbocycles. The normalized spacial score (nSPS) is 17.8. The summed E-state index contributed by atoms with van der Waals surface area (Å²) in [6.45, 7) is 9.03. The van der Waals surface area contributed by atoms with E-state index in [0.29, 0.717) is 25.3 Å². The van der Waals surface area contributed by atoms with Gasteiger partial charge in [0.2, 0.25) is 5.91 Å². The third kappa shape index (κ3) is 21.7. The zero-order valence-corrected chi connectivity index (χ0v) is 35.5. The second-order valence-corrected chi connectivity index (χ2v) is 16.0. The van der Waals surface area contributed by atoms with E-state index in [1.165, 1.54) is 24.8 Å². The lowest BCUT2D eigenvalue weighted by Gasteiger charge is -2.30. The van der Waals surface area contributed by atoms with Gasteiger partial charge in [0.25, 0.3) is 0 Å². The topological polar surface area (TPSA) is 109 Å².